The van der Waals surface area contributed by atoms with Crippen LogP contribution in [0, 0.1) is 0 Å². The number of esters is 1. The lowest BCUT2D eigenvalue weighted by molar-refractivity contribution is -0.376. The zero-order valence-electron chi connectivity index (χ0n) is 23.2. The first-order chi connectivity index (χ1) is 20.2. The van der Waals surface area contributed by atoms with Gasteiger partial charge in [-0.15, -0.1) is 0 Å². The van der Waals surface area contributed by atoms with Gasteiger partial charge in [-0.2, -0.15) is 26.3 Å². The average molecular weight is 610 g/mol. The molecule has 0 aliphatic carbocycles. The number of anilines is 1. The summed E-state index contributed by atoms with van der Waals surface area (Å²) in [6.45, 7) is 3.44. The Morgan fingerprint density at radius 2 is 1.58 bits per heavy atom. The van der Waals surface area contributed by atoms with Gasteiger partial charge in [0, 0.05) is 11.3 Å². The molecule has 1 heterocycles. The van der Waals surface area contributed by atoms with Crippen molar-refractivity contribution >= 4 is 17.6 Å². The summed E-state index contributed by atoms with van der Waals surface area (Å²) in [6.07, 6.45) is -12.8. The summed E-state index contributed by atoms with van der Waals surface area (Å²) < 4.78 is 92.9. The van der Waals surface area contributed by atoms with E-state index in [-0.39, 0.29) is 42.8 Å². The van der Waals surface area contributed by atoms with Crippen LogP contribution in [0.1, 0.15) is 53.2 Å². The quantitative estimate of drug-likeness (QED) is 0.238. The molecule has 1 N–H and O–H groups in total. The number of hydrogen-bond donors (Lipinski definition) is 1. The molecular weight excluding hydrogens is 580 g/mol. The molecule has 6 nitrogen and oxygen atoms in total. The van der Waals surface area contributed by atoms with E-state index < -0.39 is 47.4 Å². The molecule has 0 aromatic heterocycles. The van der Waals surface area contributed by atoms with E-state index in [2.05, 4.69) is 0 Å². The van der Waals surface area contributed by atoms with E-state index in [1.807, 2.05) is 0 Å². The Kier molecular flexibility index (Phi) is 9.10. The van der Waals surface area contributed by atoms with Gasteiger partial charge in [-0.1, -0.05) is 42.5 Å². The van der Waals surface area contributed by atoms with Crippen LogP contribution in [-0.4, -0.2) is 48.6 Å². The molecule has 12 heteroatoms. The number of rotatable bonds is 7. The van der Waals surface area contributed by atoms with Gasteiger partial charge in [0.2, 0.25) is 5.91 Å². The second kappa shape index (κ2) is 12.3. The molecule has 4 rings (SSSR count). The lowest BCUT2D eigenvalue weighted by Gasteiger charge is -2.34. The van der Waals surface area contributed by atoms with E-state index in [9.17, 15) is 41.0 Å². The van der Waals surface area contributed by atoms with Crippen LogP contribution in [0.4, 0.5) is 32.0 Å². The smallest absolute Gasteiger partial charge is 0.430 e. The van der Waals surface area contributed by atoms with Crippen molar-refractivity contribution in [3.8, 4) is 5.75 Å². The predicted octanol–water partition coefficient (Wildman–Crippen LogP) is 6.71. The third kappa shape index (κ3) is 6.48. The van der Waals surface area contributed by atoms with Gasteiger partial charge in [0.25, 0.3) is 5.60 Å². The van der Waals surface area contributed by atoms with Crippen molar-refractivity contribution in [2.24, 2.45) is 0 Å². The normalized spacial score (nSPS) is 16.6. The van der Waals surface area contributed by atoms with Gasteiger partial charge in [-0.3, -0.25) is 4.79 Å². The third-order valence-electron chi connectivity index (χ3n) is 7.33. The van der Waals surface area contributed by atoms with Crippen molar-refractivity contribution in [1.82, 2.24) is 0 Å². The lowest BCUT2D eigenvalue weighted by atomic mass is 9.89. The van der Waals surface area contributed by atoms with E-state index >= 15 is 0 Å². The number of nitrogens with zero attached hydrogens (tertiary/aromatic N) is 1. The van der Waals surface area contributed by atoms with Crippen LogP contribution >= 0.6 is 0 Å². The fraction of sp³-hybridized carbons (Fsp3) is 0.355. The molecule has 1 amide bonds. The lowest BCUT2D eigenvalue weighted by Crippen LogP contribution is -2.54. The summed E-state index contributed by atoms with van der Waals surface area (Å²) in [5, 5.41) is 9.99. The number of benzene rings is 3. The van der Waals surface area contributed by atoms with Crippen LogP contribution in [0.3, 0.4) is 0 Å². The largest absolute Gasteiger partial charge is 0.489 e. The Labute approximate surface area is 243 Å². The van der Waals surface area contributed by atoms with Gasteiger partial charge >= 0.3 is 18.3 Å². The van der Waals surface area contributed by atoms with Crippen molar-refractivity contribution in [3.63, 3.8) is 0 Å². The number of amides is 1. The Morgan fingerprint density at radius 3 is 2.16 bits per heavy atom. The maximum absolute atomic E-state index is 13.8. The summed E-state index contributed by atoms with van der Waals surface area (Å²) in [5.74, 6) is -1.36. The number of aryl methyl sites for hydroxylation is 1. The van der Waals surface area contributed by atoms with Crippen LogP contribution in [0.2, 0.25) is 0 Å². The second-order valence-electron chi connectivity index (χ2n) is 10.2. The fourth-order valence-electron chi connectivity index (χ4n) is 4.97. The van der Waals surface area contributed by atoms with Gasteiger partial charge in [-0.05, 0) is 68.1 Å². The molecule has 2 atom stereocenters. The van der Waals surface area contributed by atoms with Crippen LogP contribution in [0.15, 0.2) is 72.8 Å². The van der Waals surface area contributed by atoms with Crippen LogP contribution in [0.5, 0.6) is 5.75 Å². The van der Waals surface area contributed by atoms with Crippen LogP contribution in [0.25, 0.3) is 0 Å². The molecule has 0 saturated heterocycles. The Bertz CT molecular complexity index is 1430. The molecule has 43 heavy (non-hydrogen) atoms. The first kappa shape index (κ1) is 31.9. The minimum atomic E-state index is -6.05. The topological polar surface area (TPSA) is 76.1 Å². The highest BCUT2D eigenvalue weighted by atomic mass is 19.4. The Hall–Kier alpha value is -4.06. The van der Waals surface area contributed by atoms with E-state index in [1.165, 1.54) is 29.2 Å². The van der Waals surface area contributed by atoms with Gasteiger partial charge in [0.15, 0.2) is 0 Å². The minimum Gasteiger partial charge on any atom is -0.489 e. The molecule has 0 unspecified atom stereocenters. The minimum absolute atomic E-state index is 0.0156. The van der Waals surface area contributed by atoms with Crippen molar-refractivity contribution < 1.29 is 50.5 Å². The number of carbonyl (C=O) groups is 2. The number of alkyl halides is 6. The average Bonchev–Trinajstić information content (AvgIpc) is 3.14. The summed E-state index contributed by atoms with van der Waals surface area (Å²) >= 11 is 0. The molecule has 0 radical (unpaired) electrons. The maximum Gasteiger partial charge on any atom is 0.430 e. The number of carbonyl (C=O) groups excluding carboxylic acids is 2. The Balaban J connectivity index is 1.71. The third-order valence-corrected chi connectivity index (χ3v) is 7.33. The van der Waals surface area contributed by atoms with Crippen LogP contribution < -0.4 is 9.64 Å². The molecule has 1 aliphatic rings. The first-order valence-electron chi connectivity index (χ1n) is 13.5. The molecule has 1 aliphatic heterocycles. The molecule has 0 spiro atoms. The zero-order valence-corrected chi connectivity index (χ0v) is 23.2. The molecule has 0 bridgehead atoms. The maximum atomic E-state index is 13.8. The second-order valence-corrected chi connectivity index (χ2v) is 10.2. The zero-order chi connectivity index (χ0) is 31.6. The summed E-state index contributed by atoms with van der Waals surface area (Å²) in [6, 6.07) is 16.9. The van der Waals surface area contributed by atoms with Gasteiger partial charge in [0.1, 0.15) is 11.9 Å². The number of ether oxygens (including phenoxy) is 2. The molecule has 3 aromatic rings. The summed E-state index contributed by atoms with van der Waals surface area (Å²) in [5.41, 5.74) is -5.43. The predicted molar refractivity (Wildman–Crippen MR) is 145 cm³/mol. The van der Waals surface area contributed by atoms with Crippen molar-refractivity contribution in [3.05, 3.63) is 95.1 Å². The van der Waals surface area contributed by atoms with Crippen molar-refractivity contribution in [2.75, 3.05) is 18.1 Å². The summed E-state index contributed by atoms with van der Waals surface area (Å²) in [7, 11) is 0. The highest BCUT2D eigenvalue weighted by molar-refractivity contribution is 5.98. The number of fused-ring (bicyclic) bond motifs is 1. The monoisotopic (exact) mass is 609 g/mol. The van der Waals surface area contributed by atoms with Gasteiger partial charge in [-0.25, -0.2) is 4.79 Å². The van der Waals surface area contributed by atoms with E-state index in [0.717, 1.165) is 6.07 Å². The highest BCUT2D eigenvalue weighted by Crippen LogP contribution is 2.51. The van der Waals surface area contributed by atoms with E-state index in [1.54, 1.807) is 44.2 Å². The standard InChI is InChI=1S/C31H29F6NO5/c1-3-42-28(40)21-9-13-24(14-10-21)43-25-15-11-22-17-23(29(41,30(32,33)34)31(35,36)37)12-16-26(22)38(18-25)27(39)19(2)20-7-5-4-6-8-20/h4-10,12-14,16-17,19,25,41H,3,11,15,18H2,1-2H3/t19-,25-/m0/s1. The van der Waals surface area contributed by atoms with Crippen molar-refractivity contribution in [1.29, 1.82) is 0 Å². The van der Waals surface area contributed by atoms with E-state index in [4.69, 9.17) is 9.47 Å². The van der Waals surface area contributed by atoms with Gasteiger partial charge in [0.05, 0.1) is 24.6 Å². The molecule has 0 saturated carbocycles. The fourth-order valence-corrected chi connectivity index (χ4v) is 4.97. The molecule has 0 fully saturated rings. The van der Waals surface area contributed by atoms with Crippen molar-refractivity contribution in [2.45, 2.75) is 56.7 Å². The number of halogens is 6. The SMILES string of the molecule is CCOC(=O)c1ccc(O[C@H]2CCc3cc(C(O)(C(F)(F)F)C(F)(F)F)ccc3N(C(=O)[C@@H](C)c3ccccc3)C2)cc1. The summed E-state index contributed by atoms with van der Waals surface area (Å²) in [4.78, 5) is 27.1. The number of hydrogen-bond acceptors (Lipinski definition) is 5. The molecule has 3 aromatic carbocycles. The van der Waals surface area contributed by atoms with Gasteiger partial charge < -0.3 is 19.5 Å². The van der Waals surface area contributed by atoms with Crippen LogP contribution in [-0.2, 0) is 21.6 Å². The van der Waals surface area contributed by atoms with E-state index in [0.29, 0.717) is 23.4 Å². The highest BCUT2D eigenvalue weighted by Gasteiger charge is 2.71. The molecular formula is C31H29F6NO5. The first-order valence-corrected chi connectivity index (χ1v) is 13.5. The Morgan fingerprint density at radius 1 is 0.953 bits per heavy atom. The number of aliphatic hydroxyl groups is 1. The molecule has 230 valence electrons.